The molecule has 0 spiro atoms. The molecule has 34 heavy (non-hydrogen) atoms. The fourth-order valence-electron chi connectivity index (χ4n) is 5.69. The number of nitrogens with zero attached hydrogens (tertiary/aromatic N) is 2. The molecule has 2 fully saturated rings. The van der Waals surface area contributed by atoms with E-state index >= 15 is 0 Å². The zero-order chi connectivity index (χ0) is 23.3. The number of rotatable bonds is 7. The number of nitrogens with one attached hydrogen (secondary N) is 1. The SMILES string of the molecule is CCCCN1CCN(c2cc(NC3CCOCC3)ccc2C2=CCC(C(C)(C)C)CC2)CC1.Cl. The van der Waals surface area contributed by atoms with Crippen molar-refractivity contribution in [2.75, 3.05) is 56.2 Å². The summed E-state index contributed by atoms with van der Waals surface area (Å²) < 4.78 is 5.56. The van der Waals surface area contributed by atoms with Gasteiger partial charge in [-0.15, -0.1) is 12.4 Å². The van der Waals surface area contributed by atoms with Gasteiger partial charge >= 0.3 is 0 Å². The number of piperazine rings is 1. The first-order chi connectivity index (χ1) is 15.9. The van der Waals surface area contributed by atoms with Crippen LogP contribution in [0, 0.1) is 11.3 Å². The molecule has 0 saturated carbocycles. The highest BCUT2D eigenvalue weighted by Gasteiger charge is 2.28. The standard InChI is InChI=1S/C29H47N3O.ClH/c1-5-6-15-31-16-18-32(19-17-31)28-22-26(30-25-13-20-33-21-14-25)11-12-27(28)23-7-9-24(10-8-23)29(2,3)4;/h7,11-12,22,24-25,30H,5-6,8-10,13-21H2,1-4H3;1H. The van der Waals surface area contributed by atoms with Gasteiger partial charge in [-0.25, -0.2) is 0 Å². The lowest BCUT2D eigenvalue weighted by molar-refractivity contribution is 0.0904. The van der Waals surface area contributed by atoms with Gasteiger partial charge < -0.3 is 15.0 Å². The zero-order valence-electron chi connectivity index (χ0n) is 22.1. The van der Waals surface area contributed by atoms with E-state index in [2.05, 4.69) is 67.1 Å². The quantitative estimate of drug-likeness (QED) is 0.453. The van der Waals surface area contributed by atoms with E-state index in [1.54, 1.807) is 5.57 Å². The van der Waals surface area contributed by atoms with Gasteiger partial charge in [0.1, 0.15) is 0 Å². The molecule has 2 aliphatic heterocycles. The largest absolute Gasteiger partial charge is 0.382 e. The topological polar surface area (TPSA) is 27.7 Å². The Bertz CT molecular complexity index is 789. The summed E-state index contributed by atoms with van der Waals surface area (Å²) in [5, 5.41) is 3.82. The first-order valence-corrected chi connectivity index (χ1v) is 13.6. The fraction of sp³-hybridized carbons (Fsp3) is 0.724. The monoisotopic (exact) mass is 489 g/mol. The van der Waals surface area contributed by atoms with E-state index in [-0.39, 0.29) is 12.4 Å². The van der Waals surface area contributed by atoms with Crippen LogP contribution in [-0.4, -0.2) is 56.9 Å². The maximum Gasteiger partial charge on any atom is 0.0485 e. The Morgan fingerprint density at radius 2 is 1.76 bits per heavy atom. The molecule has 2 heterocycles. The van der Waals surface area contributed by atoms with Gasteiger partial charge in [0.2, 0.25) is 0 Å². The van der Waals surface area contributed by atoms with Crippen LogP contribution in [-0.2, 0) is 4.74 Å². The Kier molecular flexibility index (Phi) is 10.2. The number of hydrogen-bond acceptors (Lipinski definition) is 4. The maximum absolute atomic E-state index is 5.56. The molecule has 0 radical (unpaired) electrons. The summed E-state index contributed by atoms with van der Waals surface area (Å²) in [7, 11) is 0. The van der Waals surface area contributed by atoms with Gasteiger partial charge in [-0.05, 0) is 74.1 Å². The first kappa shape index (κ1) is 27.4. The van der Waals surface area contributed by atoms with E-state index in [0.717, 1.165) is 45.1 Å². The van der Waals surface area contributed by atoms with Crippen LogP contribution in [0.25, 0.3) is 5.57 Å². The highest BCUT2D eigenvalue weighted by molar-refractivity contribution is 5.85. The number of benzene rings is 1. The van der Waals surface area contributed by atoms with E-state index in [4.69, 9.17) is 4.74 Å². The van der Waals surface area contributed by atoms with Gasteiger partial charge in [0, 0.05) is 62.4 Å². The summed E-state index contributed by atoms with van der Waals surface area (Å²) in [5.41, 5.74) is 6.16. The number of halogens is 1. The molecule has 1 atom stereocenters. The van der Waals surface area contributed by atoms with Gasteiger partial charge in [0.05, 0.1) is 0 Å². The molecule has 192 valence electrons. The Balaban J connectivity index is 0.00000324. The van der Waals surface area contributed by atoms with Crippen LogP contribution < -0.4 is 10.2 Å². The van der Waals surface area contributed by atoms with Crippen molar-refractivity contribution in [2.45, 2.75) is 78.7 Å². The van der Waals surface area contributed by atoms with Crippen LogP contribution >= 0.6 is 12.4 Å². The summed E-state index contributed by atoms with van der Waals surface area (Å²) in [6.07, 6.45) is 11.1. The van der Waals surface area contributed by atoms with Crippen molar-refractivity contribution >= 4 is 29.4 Å². The molecule has 1 unspecified atom stereocenters. The summed E-state index contributed by atoms with van der Waals surface area (Å²) in [5.74, 6) is 0.793. The molecule has 1 aromatic carbocycles. The van der Waals surface area contributed by atoms with Crippen LogP contribution in [0.5, 0.6) is 0 Å². The minimum Gasteiger partial charge on any atom is -0.382 e. The van der Waals surface area contributed by atoms with Crippen molar-refractivity contribution in [3.8, 4) is 0 Å². The average Bonchev–Trinajstić information content (AvgIpc) is 2.83. The summed E-state index contributed by atoms with van der Waals surface area (Å²) in [4.78, 5) is 5.31. The predicted octanol–water partition coefficient (Wildman–Crippen LogP) is 6.85. The minimum atomic E-state index is 0. The highest BCUT2D eigenvalue weighted by Crippen LogP contribution is 2.42. The van der Waals surface area contributed by atoms with Gasteiger partial charge in [-0.2, -0.15) is 0 Å². The van der Waals surface area contributed by atoms with E-state index in [1.165, 1.54) is 68.7 Å². The second-order valence-corrected chi connectivity index (χ2v) is 11.5. The number of unbranched alkanes of at least 4 members (excludes halogenated alkanes) is 1. The number of allylic oxidation sites excluding steroid dienone is 2. The second kappa shape index (κ2) is 12.6. The fourth-order valence-corrected chi connectivity index (χ4v) is 5.69. The van der Waals surface area contributed by atoms with Crippen LogP contribution in [0.2, 0.25) is 0 Å². The molecule has 0 aromatic heterocycles. The summed E-state index contributed by atoms with van der Waals surface area (Å²) in [6.45, 7) is 17.1. The second-order valence-electron chi connectivity index (χ2n) is 11.5. The molecule has 3 aliphatic rings. The molecule has 5 heteroatoms. The zero-order valence-corrected chi connectivity index (χ0v) is 22.9. The molecule has 1 aliphatic carbocycles. The van der Waals surface area contributed by atoms with Crippen LogP contribution in [0.1, 0.15) is 78.2 Å². The average molecular weight is 490 g/mol. The van der Waals surface area contributed by atoms with Crippen molar-refractivity contribution in [3.05, 3.63) is 29.8 Å². The minimum absolute atomic E-state index is 0. The predicted molar refractivity (Wildman–Crippen MR) is 149 cm³/mol. The van der Waals surface area contributed by atoms with Crippen LogP contribution in [0.3, 0.4) is 0 Å². The van der Waals surface area contributed by atoms with Crippen molar-refractivity contribution < 1.29 is 4.74 Å². The molecule has 4 nitrogen and oxygen atoms in total. The Hall–Kier alpha value is -1.23. The first-order valence-electron chi connectivity index (χ1n) is 13.6. The Labute approximate surface area is 214 Å². The molecular formula is C29H48ClN3O. The van der Waals surface area contributed by atoms with Crippen LogP contribution in [0.15, 0.2) is 24.3 Å². The number of ether oxygens (including phenoxy) is 1. The van der Waals surface area contributed by atoms with E-state index < -0.39 is 0 Å². The van der Waals surface area contributed by atoms with Crippen molar-refractivity contribution in [1.82, 2.24) is 4.90 Å². The summed E-state index contributed by atoms with van der Waals surface area (Å²) in [6, 6.07) is 7.71. The highest BCUT2D eigenvalue weighted by atomic mass is 35.5. The van der Waals surface area contributed by atoms with Crippen molar-refractivity contribution in [2.24, 2.45) is 11.3 Å². The number of hydrogen-bond donors (Lipinski definition) is 1. The molecule has 4 rings (SSSR count). The molecule has 2 saturated heterocycles. The van der Waals surface area contributed by atoms with E-state index in [0.29, 0.717) is 11.5 Å². The molecule has 0 bridgehead atoms. The van der Waals surface area contributed by atoms with Crippen molar-refractivity contribution in [3.63, 3.8) is 0 Å². The summed E-state index contributed by atoms with van der Waals surface area (Å²) >= 11 is 0. The van der Waals surface area contributed by atoms with Gasteiger partial charge in [0.15, 0.2) is 0 Å². The van der Waals surface area contributed by atoms with Crippen molar-refractivity contribution in [1.29, 1.82) is 0 Å². The normalized spacial score (nSPS) is 22.8. The molecule has 0 amide bonds. The maximum atomic E-state index is 5.56. The molecule has 1 aromatic rings. The van der Waals surface area contributed by atoms with Gasteiger partial charge in [0.25, 0.3) is 0 Å². The Morgan fingerprint density at radius 3 is 2.38 bits per heavy atom. The van der Waals surface area contributed by atoms with Gasteiger partial charge in [-0.1, -0.05) is 46.3 Å². The lowest BCUT2D eigenvalue weighted by Gasteiger charge is -2.38. The smallest absolute Gasteiger partial charge is 0.0485 e. The lowest BCUT2D eigenvalue weighted by atomic mass is 9.72. The molecule has 1 N–H and O–H groups in total. The van der Waals surface area contributed by atoms with E-state index in [9.17, 15) is 0 Å². The van der Waals surface area contributed by atoms with E-state index in [1.807, 2.05) is 0 Å². The van der Waals surface area contributed by atoms with Crippen LogP contribution in [0.4, 0.5) is 11.4 Å². The lowest BCUT2D eigenvalue weighted by Crippen LogP contribution is -2.47. The third-order valence-electron chi connectivity index (χ3n) is 8.11. The van der Waals surface area contributed by atoms with Gasteiger partial charge in [-0.3, -0.25) is 4.90 Å². The third-order valence-corrected chi connectivity index (χ3v) is 8.11. The third kappa shape index (κ3) is 7.15. The number of anilines is 2. The molecular weight excluding hydrogens is 442 g/mol. The Morgan fingerprint density at radius 1 is 1.03 bits per heavy atom.